The lowest BCUT2D eigenvalue weighted by atomic mass is 9.91. The third kappa shape index (κ3) is 3.80. The van der Waals surface area contributed by atoms with E-state index in [1.54, 1.807) is 0 Å². The van der Waals surface area contributed by atoms with Gasteiger partial charge in [-0.3, -0.25) is 4.90 Å². The van der Waals surface area contributed by atoms with Crippen LogP contribution in [0.3, 0.4) is 0 Å². The fourth-order valence-electron chi connectivity index (χ4n) is 3.17. The van der Waals surface area contributed by atoms with Crippen LogP contribution in [-0.2, 0) is 6.42 Å². The van der Waals surface area contributed by atoms with Crippen LogP contribution in [-0.4, -0.2) is 24.5 Å². The molecular formula is C16H28N2S. The van der Waals surface area contributed by atoms with Gasteiger partial charge in [-0.15, -0.1) is 11.3 Å². The molecule has 1 atom stereocenters. The first kappa shape index (κ1) is 15.0. The third-order valence-electron chi connectivity index (χ3n) is 4.37. The molecule has 1 unspecified atom stereocenters. The summed E-state index contributed by atoms with van der Waals surface area (Å²) in [5.74, 6) is 0.953. The molecule has 2 N–H and O–H groups in total. The molecule has 3 heteroatoms. The van der Waals surface area contributed by atoms with E-state index in [-0.39, 0.29) is 0 Å². The summed E-state index contributed by atoms with van der Waals surface area (Å²) in [7, 11) is 0. The maximum absolute atomic E-state index is 6.04. The van der Waals surface area contributed by atoms with Crippen molar-refractivity contribution in [2.45, 2.75) is 52.0 Å². The molecule has 1 aliphatic rings. The van der Waals surface area contributed by atoms with Crippen LogP contribution in [0, 0.1) is 5.92 Å². The predicted octanol–water partition coefficient (Wildman–Crippen LogP) is 3.82. The lowest BCUT2D eigenvalue weighted by Gasteiger charge is -2.36. The maximum Gasteiger partial charge on any atom is 0.0564 e. The van der Waals surface area contributed by atoms with Gasteiger partial charge in [0.25, 0.3) is 0 Å². The Hall–Kier alpha value is -0.380. The molecule has 1 saturated heterocycles. The number of nitrogens with two attached hydrogens (primary N) is 1. The van der Waals surface area contributed by atoms with E-state index in [4.69, 9.17) is 5.73 Å². The number of hydrogen-bond donors (Lipinski definition) is 1. The number of aryl methyl sites for hydroxylation is 1. The third-order valence-corrected chi connectivity index (χ3v) is 5.70. The Morgan fingerprint density at radius 1 is 1.32 bits per heavy atom. The summed E-state index contributed by atoms with van der Waals surface area (Å²) in [6.07, 6.45) is 6.59. The zero-order valence-corrected chi connectivity index (χ0v) is 13.2. The summed E-state index contributed by atoms with van der Waals surface area (Å²) in [5, 5.41) is 0. The standard InChI is InChI=1S/C16H28N2S/c1-3-5-13-8-10-18(11-9-13)15(12-17)16-7-6-14(4-2)19-16/h6-7,13,15H,3-5,8-12,17H2,1-2H3. The monoisotopic (exact) mass is 280 g/mol. The van der Waals surface area contributed by atoms with Gasteiger partial charge in [0.2, 0.25) is 0 Å². The minimum Gasteiger partial charge on any atom is -0.329 e. The summed E-state index contributed by atoms with van der Waals surface area (Å²) in [6.45, 7) is 7.73. The van der Waals surface area contributed by atoms with Gasteiger partial charge in [0.15, 0.2) is 0 Å². The second-order valence-corrected chi connectivity index (χ2v) is 6.88. The Morgan fingerprint density at radius 2 is 2.05 bits per heavy atom. The summed E-state index contributed by atoms with van der Waals surface area (Å²) in [4.78, 5) is 5.56. The number of piperidine rings is 1. The van der Waals surface area contributed by atoms with Crippen molar-refractivity contribution < 1.29 is 0 Å². The normalized spacial score (nSPS) is 19.7. The van der Waals surface area contributed by atoms with Gasteiger partial charge in [0.05, 0.1) is 6.04 Å². The molecule has 19 heavy (non-hydrogen) atoms. The minimum absolute atomic E-state index is 0.452. The van der Waals surface area contributed by atoms with Gasteiger partial charge in [0.1, 0.15) is 0 Å². The first-order valence-corrected chi connectivity index (χ1v) is 8.62. The predicted molar refractivity (Wildman–Crippen MR) is 84.7 cm³/mol. The molecular weight excluding hydrogens is 252 g/mol. The smallest absolute Gasteiger partial charge is 0.0564 e. The van der Waals surface area contributed by atoms with Crippen LogP contribution in [0.1, 0.15) is 55.3 Å². The largest absolute Gasteiger partial charge is 0.329 e. The van der Waals surface area contributed by atoms with Crippen LogP contribution in [0.15, 0.2) is 12.1 Å². The van der Waals surface area contributed by atoms with E-state index in [9.17, 15) is 0 Å². The lowest BCUT2D eigenvalue weighted by Crippen LogP contribution is -2.39. The highest BCUT2D eigenvalue weighted by molar-refractivity contribution is 7.12. The van der Waals surface area contributed by atoms with E-state index in [0.29, 0.717) is 6.04 Å². The van der Waals surface area contributed by atoms with Crippen LogP contribution < -0.4 is 5.73 Å². The number of hydrogen-bond acceptors (Lipinski definition) is 3. The Bertz CT molecular complexity index is 367. The van der Waals surface area contributed by atoms with E-state index in [0.717, 1.165) is 18.9 Å². The first-order chi connectivity index (χ1) is 9.28. The van der Waals surface area contributed by atoms with Crippen LogP contribution in [0.5, 0.6) is 0 Å². The van der Waals surface area contributed by atoms with E-state index in [1.165, 1.54) is 48.5 Å². The van der Waals surface area contributed by atoms with Gasteiger partial charge in [-0.25, -0.2) is 0 Å². The zero-order chi connectivity index (χ0) is 13.7. The Kier molecular flexibility index (Phi) is 5.86. The second-order valence-electron chi connectivity index (χ2n) is 5.68. The lowest BCUT2D eigenvalue weighted by molar-refractivity contribution is 0.133. The van der Waals surface area contributed by atoms with E-state index in [2.05, 4.69) is 30.9 Å². The molecule has 0 amide bonds. The molecule has 2 heterocycles. The van der Waals surface area contributed by atoms with Gasteiger partial charge in [-0.2, -0.15) is 0 Å². The van der Waals surface area contributed by atoms with Crippen molar-refractivity contribution in [2.24, 2.45) is 11.7 Å². The molecule has 0 radical (unpaired) electrons. The Labute approximate surface area is 122 Å². The van der Waals surface area contributed by atoms with Crippen LogP contribution in [0.4, 0.5) is 0 Å². The van der Waals surface area contributed by atoms with Crippen molar-refractivity contribution in [1.82, 2.24) is 4.90 Å². The average molecular weight is 280 g/mol. The molecule has 0 aliphatic carbocycles. The molecule has 0 saturated carbocycles. The van der Waals surface area contributed by atoms with Crippen LogP contribution >= 0.6 is 11.3 Å². The average Bonchev–Trinajstić information content (AvgIpc) is 2.91. The van der Waals surface area contributed by atoms with Crippen molar-refractivity contribution in [3.05, 3.63) is 21.9 Å². The Balaban J connectivity index is 1.95. The van der Waals surface area contributed by atoms with E-state index >= 15 is 0 Å². The van der Waals surface area contributed by atoms with Gasteiger partial charge < -0.3 is 5.73 Å². The molecule has 1 aromatic rings. The van der Waals surface area contributed by atoms with Crippen molar-refractivity contribution in [3.8, 4) is 0 Å². The molecule has 0 spiro atoms. The molecule has 0 aromatic carbocycles. The second kappa shape index (κ2) is 7.41. The van der Waals surface area contributed by atoms with Crippen LogP contribution in [0.2, 0.25) is 0 Å². The highest BCUT2D eigenvalue weighted by Gasteiger charge is 2.25. The molecule has 1 aromatic heterocycles. The fourth-order valence-corrected chi connectivity index (χ4v) is 4.27. The number of rotatable bonds is 6. The highest BCUT2D eigenvalue weighted by atomic mass is 32.1. The number of nitrogens with zero attached hydrogens (tertiary/aromatic N) is 1. The summed E-state index contributed by atoms with van der Waals surface area (Å²) >= 11 is 1.95. The molecule has 108 valence electrons. The van der Waals surface area contributed by atoms with Crippen molar-refractivity contribution in [3.63, 3.8) is 0 Å². The molecule has 2 rings (SSSR count). The van der Waals surface area contributed by atoms with E-state index < -0.39 is 0 Å². The fraction of sp³-hybridized carbons (Fsp3) is 0.750. The van der Waals surface area contributed by atoms with Gasteiger partial charge >= 0.3 is 0 Å². The summed E-state index contributed by atoms with van der Waals surface area (Å²) in [5.41, 5.74) is 6.04. The summed E-state index contributed by atoms with van der Waals surface area (Å²) in [6, 6.07) is 5.01. The van der Waals surface area contributed by atoms with Gasteiger partial charge in [-0.05, 0) is 50.4 Å². The zero-order valence-electron chi connectivity index (χ0n) is 12.4. The van der Waals surface area contributed by atoms with Gasteiger partial charge in [-0.1, -0.05) is 26.7 Å². The first-order valence-electron chi connectivity index (χ1n) is 7.81. The molecule has 1 aliphatic heterocycles. The van der Waals surface area contributed by atoms with Crippen LogP contribution in [0.25, 0.3) is 0 Å². The van der Waals surface area contributed by atoms with Gasteiger partial charge in [0, 0.05) is 16.3 Å². The van der Waals surface area contributed by atoms with Crippen molar-refractivity contribution in [2.75, 3.05) is 19.6 Å². The topological polar surface area (TPSA) is 29.3 Å². The highest BCUT2D eigenvalue weighted by Crippen LogP contribution is 2.31. The minimum atomic E-state index is 0.452. The van der Waals surface area contributed by atoms with Crippen molar-refractivity contribution >= 4 is 11.3 Å². The Morgan fingerprint density at radius 3 is 2.58 bits per heavy atom. The van der Waals surface area contributed by atoms with Crippen molar-refractivity contribution in [1.29, 1.82) is 0 Å². The molecule has 0 bridgehead atoms. The quantitative estimate of drug-likeness (QED) is 0.858. The number of thiophene rings is 1. The maximum atomic E-state index is 6.04. The summed E-state index contributed by atoms with van der Waals surface area (Å²) < 4.78 is 0. The van der Waals surface area contributed by atoms with E-state index in [1.807, 2.05) is 11.3 Å². The SMILES string of the molecule is CCCC1CCN(C(CN)c2ccc(CC)s2)CC1. The molecule has 2 nitrogen and oxygen atoms in total. The molecule has 1 fully saturated rings. The number of likely N-dealkylation sites (tertiary alicyclic amines) is 1.